The molecule has 0 atom stereocenters. The Morgan fingerprint density at radius 3 is 2.58 bits per heavy atom. The third-order valence-electron chi connectivity index (χ3n) is 3.69. The standard InChI is InChI=1S/C18H22N2O3S/c1-18(2,3)13-23-15-8-6-14(7-9-15)16-5-4-10-20-11-12-24(21,22)19-17(16)20/h4-10H,11-13H2,1-3H3. The van der Waals surface area contributed by atoms with E-state index < -0.39 is 10.0 Å². The molecule has 0 aromatic heterocycles. The van der Waals surface area contributed by atoms with Crippen LogP contribution in [0.25, 0.3) is 5.57 Å². The van der Waals surface area contributed by atoms with Gasteiger partial charge in [0.05, 0.1) is 12.4 Å². The number of ether oxygens (including phenoxy) is 1. The Hall–Kier alpha value is -2.08. The van der Waals surface area contributed by atoms with Gasteiger partial charge in [0, 0.05) is 18.3 Å². The second kappa shape index (κ2) is 6.09. The first-order valence-corrected chi connectivity index (χ1v) is 9.56. The summed E-state index contributed by atoms with van der Waals surface area (Å²) in [5.74, 6) is 1.34. The van der Waals surface area contributed by atoms with E-state index in [1.165, 1.54) is 0 Å². The Kier molecular flexibility index (Phi) is 4.25. The van der Waals surface area contributed by atoms with Gasteiger partial charge in [0.2, 0.25) is 0 Å². The minimum atomic E-state index is -3.38. The van der Waals surface area contributed by atoms with Crippen LogP contribution in [-0.4, -0.2) is 38.1 Å². The van der Waals surface area contributed by atoms with Crippen LogP contribution in [0, 0.1) is 5.41 Å². The van der Waals surface area contributed by atoms with Crippen molar-refractivity contribution in [3.05, 3.63) is 48.2 Å². The first kappa shape index (κ1) is 16.8. The smallest absolute Gasteiger partial charge is 0.256 e. The SMILES string of the molecule is CC(C)(C)COc1ccc(C2=CC=CN3CCS(=O)(=O)N=C23)cc1. The van der Waals surface area contributed by atoms with Gasteiger partial charge in [0.15, 0.2) is 5.84 Å². The second-order valence-corrected chi connectivity index (χ2v) is 8.94. The normalized spacial score (nSPS) is 19.4. The molecule has 128 valence electrons. The minimum Gasteiger partial charge on any atom is -0.493 e. The molecule has 3 rings (SSSR count). The number of nitrogens with zero attached hydrogens (tertiary/aromatic N) is 2. The molecule has 0 bridgehead atoms. The maximum Gasteiger partial charge on any atom is 0.256 e. The fraction of sp³-hybridized carbons (Fsp3) is 0.389. The van der Waals surface area contributed by atoms with Gasteiger partial charge in [-0.1, -0.05) is 32.9 Å². The summed E-state index contributed by atoms with van der Waals surface area (Å²) in [7, 11) is -3.38. The third kappa shape index (κ3) is 3.87. The number of allylic oxidation sites excluding steroid dienone is 2. The highest BCUT2D eigenvalue weighted by Crippen LogP contribution is 2.27. The molecular formula is C18H22N2O3S. The van der Waals surface area contributed by atoms with Gasteiger partial charge in [0.25, 0.3) is 10.0 Å². The van der Waals surface area contributed by atoms with E-state index in [0.717, 1.165) is 16.9 Å². The molecule has 0 radical (unpaired) electrons. The zero-order valence-electron chi connectivity index (χ0n) is 14.2. The Morgan fingerprint density at radius 2 is 1.92 bits per heavy atom. The van der Waals surface area contributed by atoms with Gasteiger partial charge in [-0.25, -0.2) is 8.42 Å². The van der Waals surface area contributed by atoms with Crippen LogP contribution in [0.15, 0.2) is 47.0 Å². The number of benzene rings is 1. The van der Waals surface area contributed by atoms with E-state index in [2.05, 4.69) is 25.2 Å². The summed E-state index contributed by atoms with van der Waals surface area (Å²) in [6.45, 7) is 7.43. The Morgan fingerprint density at radius 1 is 1.21 bits per heavy atom. The quantitative estimate of drug-likeness (QED) is 0.844. The summed E-state index contributed by atoms with van der Waals surface area (Å²) < 4.78 is 33.4. The van der Waals surface area contributed by atoms with Gasteiger partial charge in [-0.2, -0.15) is 0 Å². The highest BCUT2D eigenvalue weighted by molar-refractivity contribution is 7.90. The Labute approximate surface area is 143 Å². The van der Waals surface area contributed by atoms with Crippen molar-refractivity contribution >= 4 is 21.4 Å². The van der Waals surface area contributed by atoms with Crippen molar-refractivity contribution in [2.24, 2.45) is 9.81 Å². The first-order chi connectivity index (χ1) is 11.2. The van der Waals surface area contributed by atoms with Gasteiger partial charge < -0.3 is 9.64 Å². The molecule has 2 aliphatic rings. The number of rotatable bonds is 3. The van der Waals surface area contributed by atoms with Crippen molar-refractivity contribution in [1.82, 2.24) is 4.90 Å². The predicted octanol–water partition coefficient (Wildman–Crippen LogP) is 3.07. The number of sulfonamides is 1. The zero-order chi connectivity index (χ0) is 17.4. The van der Waals surface area contributed by atoms with E-state index in [1.54, 1.807) is 0 Å². The van der Waals surface area contributed by atoms with E-state index in [1.807, 2.05) is 47.5 Å². The van der Waals surface area contributed by atoms with Crippen molar-refractivity contribution < 1.29 is 13.2 Å². The topological polar surface area (TPSA) is 59.0 Å². The predicted molar refractivity (Wildman–Crippen MR) is 96.4 cm³/mol. The highest BCUT2D eigenvalue weighted by Gasteiger charge is 2.27. The van der Waals surface area contributed by atoms with Crippen molar-refractivity contribution in [2.45, 2.75) is 20.8 Å². The summed E-state index contributed by atoms with van der Waals surface area (Å²) in [5, 5.41) is 0. The molecular weight excluding hydrogens is 324 g/mol. The molecule has 0 amide bonds. The summed E-state index contributed by atoms with van der Waals surface area (Å²) in [5.41, 5.74) is 1.83. The van der Waals surface area contributed by atoms with Crippen LogP contribution >= 0.6 is 0 Å². The van der Waals surface area contributed by atoms with Crippen molar-refractivity contribution in [1.29, 1.82) is 0 Å². The van der Waals surface area contributed by atoms with E-state index in [4.69, 9.17) is 4.74 Å². The van der Waals surface area contributed by atoms with Gasteiger partial charge >= 0.3 is 0 Å². The molecule has 2 heterocycles. The van der Waals surface area contributed by atoms with Crippen LogP contribution in [0.3, 0.4) is 0 Å². The van der Waals surface area contributed by atoms with Gasteiger partial charge in [0.1, 0.15) is 5.75 Å². The molecule has 0 fully saturated rings. The van der Waals surface area contributed by atoms with E-state index in [9.17, 15) is 8.42 Å². The molecule has 24 heavy (non-hydrogen) atoms. The maximum atomic E-state index is 11.8. The maximum absolute atomic E-state index is 11.8. The van der Waals surface area contributed by atoms with Crippen molar-refractivity contribution in [2.75, 3.05) is 18.9 Å². The van der Waals surface area contributed by atoms with Crippen LogP contribution in [0.2, 0.25) is 0 Å². The van der Waals surface area contributed by atoms with Crippen LogP contribution in [0.5, 0.6) is 5.75 Å². The Balaban J connectivity index is 1.84. The highest BCUT2D eigenvalue weighted by atomic mass is 32.2. The van der Waals surface area contributed by atoms with Gasteiger partial charge in [-0.15, -0.1) is 4.40 Å². The van der Waals surface area contributed by atoms with E-state index in [-0.39, 0.29) is 11.2 Å². The molecule has 1 aromatic carbocycles. The van der Waals surface area contributed by atoms with E-state index >= 15 is 0 Å². The fourth-order valence-corrected chi connectivity index (χ4v) is 3.46. The lowest BCUT2D eigenvalue weighted by atomic mass is 9.98. The fourth-order valence-electron chi connectivity index (χ4n) is 2.47. The summed E-state index contributed by atoms with van der Waals surface area (Å²) in [4.78, 5) is 1.88. The lowest BCUT2D eigenvalue weighted by Gasteiger charge is -2.29. The van der Waals surface area contributed by atoms with Gasteiger partial charge in [-0.3, -0.25) is 0 Å². The summed E-state index contributed by atoms with van der Waals surface area (Å²) >= 11 is 0. The zero-order valence-corrected chi connectivity index (χ0v) is 15.0. The molecule has 5 nitrogen and oxygen atoms in total. The monoisotopic (exact) mass is 346 g/mol. The molecule has 0 spiro atoms. The summed E-state index contributed by atoms with van der Waals surface area (Å²) in [6.07, 6.45) is 5.66. The number of hydrogen-bond donors (Lipinski definition) is 0. The number of fused-ring (bicyclic) bond motifs is 1. The molecule has 0 N–H and O–H groups in total. The van der Waals surface area contributed by atoms with Gasteiger partial charge in [-0.05, 0) is 35.3 Å². The lowest BCUT2D eigenvalue weighted by molar-refractivity contribution is 0.198. The van der Waals surface area contributed by atoms with Crippen LogP contribution in [0.4, 0.5) is 0 Å². The molecule has 0 saturated carbocycles. The molecule has 1 aromatic rings. The van der Waals surface area contributed by atoms with Crippen LogP contribution < -0.4 is 4.74 Å². The minimum absolute atomic E-state index is 0.0493. The van der Waals surface area contributed by atoms with Crippen molar-refractivity contribution in [3.8, 4) is 5.75 Å². The number of amidine groups is 1. The Bertz CT molecular complexity index is 813. The average molecular weight is 346 g/mol. The molecule has 6 heteroatoms. The second-order valence-electron chi connectivity index (χ2n) is 7.19. The summed E-state index contributed by atoms with van der Waals surface area (Å²) in [6, 6.07) is 7.68. The largest absolute Gasteiger partial charge is 0.493 e. The number of hydrogen-bond acceptors (Lipinski definition) is 4. The average Bonchev–Trinajstić information content (AvgIpc) is 2.51. The van der Waals surface area contributed by atoms with Crippen LogP contribution in [-0.2, 0) is 10.0 Å². The molecule has 0 aliphatic carbocycles. The first-order valence-electron chi connectivity index (χ1n) is 7.95. The van der Waals surface area contributed by atoms with Crippen molar-refractivity contribution in [3.63, 3.8) is 0 Å². The van der Waals surface area contributed by atoms with Crippen LogP contribution in [0.1, 0.15) is 26.3 Å². The van der Waals surface area contributed by atoms with E-state index in [0.29, 0.717) is 19.0 Å². The molecule has 2 aliphatic heterocycles. The molecule has 0 unspecified atom stereocenters. The lowest BCUT2D eigenvalue weighted by Crippen LogP contribution is -2.37. The third-order valence-corrected chi connectivity index (χ3v) is 4.84. The molecule has 0 saturated heterocycles.